The molecule has 6 rings (SSSR count). The molecule has 1 saturated heterocycles. The number of nitrogens with one attached hydrogen (secondary N) is 1. The van der Waals surface area contributed by atoms with Gasteiger partial charge in [-0.2, -0.15) is 5.21 Å². The molecule has 4 heterocycles. The van der Waals surface area contributed by atoms with Crippen LogP contribution >= 0.6 is 0 Å². The second-order valence-electron chi connectivity index (χ2n) is 8.78. The van der Waals surface area contributed by atoms with Crippen molar-refractivity contribution in [2.24, 2.45) is 11.3 Å². The molecule has 1 amide bonds. The lowest BCUT2D eigenvalue weighted by Crippen LogP contribution is -2.60. The standard InChI is InChI=1S/C21H23N7O2/c29-18(9-17-23-25-26-24-17)27-7-5-21(6-8-27)10-15(20(21)30)19-14-4-2-1-3-13(14)16-11-22-12-28(16)19/h1-4,11-12,15,19-20,30H,5-10H2,(H,23,24,25,26). The molecule has 3 unspecified atom stereocenters. The number of H-pyrrole nitrogens is 1. The van der Waals surface area contributed by atoms with Crippen LogP contribution in [0.2, 0.25) is 0 Å². The first-order valence-electron chi connectivity index (χ1n) is 10.5. The number of fused-ring (bicyclic) bond motifs is 3. The number of benzene rings is 1. The smallest absolute Gasteiger partial charge is 0.230 e. The molecular weight excluding hydrogens is 382 g/mol. The van der Waals surface area contributed by atoms with E-state index >= 15 is 0 Å². The molecule has 0 bridgehead atoms. The van der Waals surface area contributed by atoms with Crippen LogP contribution in [0.25, 0.3) is 11.3 Å². The molecule has 2 aliphatic heterocycles. The monoisotopic (exact) mass is 405 g/mol. The number of amides is 1. The summed E-state index contributed by atoms with van der Waals surface area (Å²) >= 11 is 0. The molecule has 9 nitrogen and oxygen atoms in total. The van der Waals surface area contributed by atoms with Crippen molar-refractivity contribution in [1.82, 2.24) is 35.1 Å². The Bertz CT molecular complexity index is 1080. The zero-order valence-corrected chi connectivity index (χ0v) is 16.5. The Hall–Kier alpha value is -3.07. The van der Waals surface area contributed by atoms with Gasteiger partial charge >= 0.3 is 0 Å². The summed E-state index contributed by atoms with van der Waals surface area (Å²) in [6.45, 7) is 1.33. The molecule has 3 aliphatic rings. The van der Waals surface area contributed by atoms with E-state index in [1.54, 1.807) is 0 Å². The van der Waals surface area contributed by atoms with E-state index in [4.69, 9.17) is 0 Å². The summed E-state index contributed by atoms with van der Waals surface area (Å²) in [6.07, 6.45) is 6.21. The number of likely N-dealkylation sites (tertiary alicyclic amines) is 1. The molecule has 9 heteroatoms. The third-order valence-corrected chi connectivity index (χ3v) is 7.41. The zero-order valence-electron chi connectivity index (χ0n) is 16.5. The van der Waals surface area contributed by atoms with Crippen molar-refractivity contribution in [3.8, 4) is 11.3 Å². The topological polar surface area (TPSA) is 113 Å². The predicted octanol–water partition coefficient (Wildman–Crippen LogP) is 1.20. The molecule has 154 valence electrons. The first-order valence-corrected chi connectivity index (χ1v) is 10.5. The number of aliphatic hydroxyl groups is 1. The van der Waals surface area contributed by atoms with Crippen molar-refractivity contribution in [3.63, 3.8) is 0 Å². The number of piperidine rings is 1. The van der Waals surface area contributed by atoms with Gasteiger partial charge in [0.25, 0.3) is 0 Å². The number of aromatic amines is 1. The molecule has 1 saturated carbocycles. The van der Waals surface area contributed by atoms with Crippen LogP contribution in [0.5, 0.6) is 0 Å². The zero-order chi connectivity index (χ0) is 20.3. The van der Waals surface area contributed by atoms with Gasteiger partial charge in [-0.25, -0.2) is 4.98 Å². The van der Waals surface area contributed by atoms with E-state index in [0.717, 1.165) is 25.0 Å². The number of tetrazole rings is 1. The number of imidazole rings is 1. The SMILES string of the molecule is O=C(Cc1nn[nH]n1)N1CCC2(CC1)CC(C1c3ccccc3-c3cncn31)C2O. The highest BCUT2D eigenvalue weighted by Crippen LogP contribution is 2.59. The lowest BCUT2D eigenvalue weighted by atomic mass is 9.53. The summed E-state index contributed by atoms with van der Waals surface area (Å²) in [7, 11) is 0. The molecule has 1 spiro atoms. The average molecular weight is 405 g/mol. The fraction of sp³-hybridized carbons (Fsp3) is 0.476. The Morgan fingerprint density at radius 1 is 1.27 bits per heavy atom. The minimum atomic E-state index is -0.377. The number of carbonyl (C=O) groups is 1. The molecule has 2 aromatic heterocycles. The van der Waals surface area contributed by atoms with Crippen molar-refractivity contribution >= 4 is 5.91 Å². The Morgan fingerprint density at radius 3 is 2.87 bits per heavy atom. The lowest BCUT2D eigenvalue weighted by molar-refractivity contribution is -0.164. The summed E-state index contributed by atoms with van der Waals surface area (Å²) < 4.78 is 2.22. The molecule has 1 aromatic carbocycles. The number of hydrogen-bond acceptors (Lipinski definition) is 6. The maximum Gasteiger partial charge on any atom is 0.230 e. The van der Waals surface area contributed by atoms with Crippen LogP contribution in [0.1, 0.15) is 36.7 Å². The van der Waals surface area contributed by atoms with Crippen LogP contribution in [0.4, 0.5) is 0 Å². The number of aromatic nitrogens is 6. The van der Waals surface area contributed by atoms with Crippen LogP contribution in [0.3, 0.4) is 0 Å². The van der Waals surface area contributed by atoms with Crippen LogP contribution < -0.4 is 0 Å². The molecule has 30 heavy (non-hydrogen) atoms. The largest absolute Gasteiger partial charge is 0.392 e. The highest BCUT2D eigenvalue weighted by Gasteiger charge is 2.58. The van der Waals surface area contributed by atoms with Gasteiger partial charge in [0.05, 0.1) is 36.8 Å². The number of hydrogen-bond donors (Lipinski definition) is 2. The lowest BCUT2D eigenvalue weighted by Gasteiger charge is -2.58. The summed E-state index contributed by atoms with van der Waals surface area (Å²) in [6, 6.07) is 8.57. The first-order chi connectivity index (χ1) is 14.7. The van der Waals surface area contributed by atoms with E-state index in [0.29, 0.717) is 18.9 Å². The normalized spacial score (nSPS) is 26.3. The third kappa shape index (κ3) is 2.48. The summed E-state index contributed by atoms with van der Waals surface area (Å²) in [5.74, 6) is 0.604. The highest BCUT2D eigenvalue weighted by atomic mass is 16.3. The average Bonchev–Trinajstić information content (AvgIpc) is 3.50. The Kier molecular flexibility index (Phi) is 3.83. The third-order valence-electron chi connectivity index (χ3n) is 7.41. The van der Waals surface area contributed by atoms with E-state index in [9.17, 15) is 9.90 Å². The maximum absolute atomic E-state index is 12.5. The molecule has 2 N–H and O–H groups in total. The van der Waals surface area contributed by atoms with Crippen LogP contribution in [0.15, 0.2) is 36.8 Å². The number of rotatable bonds is 3. The van der Waals surface area contributed by atoms with Gasteiger partial charge in [-0.3, -0.25) is 4.79 Å². The summed E-state index contributed by atoms with van der Waals surface area (Å²) in [5, 5.41) is 24.9. The van der Waals surface area contributed by atoms with Crippen molar-refractivity contribution in [2.75, 3.05) is 13.1 Å². The van der Waals surface area contributed by atoms with Gasteiger partial charge in [-0.15, -0.1) is 10.2 Å². The second kappa shape index (κ2) is 6.46. The van der Waals surface area contributed by atoms with Gasteiger partial charge in [0.15, 0.2) is 5.82 Å². The van der Waals surface area contributed by atoms with E-state index in [1.807, 2.05) is 17.4 Å². The molecule has 0 radical (unpaired) electrons. The predicted molar refractivity (Wildman–Crippen MR) is 106 cm³/mol. The van der Waals surface area contributed by atoms with E-state index in [1.165, 1.54) is 11.1 Å². The van der Waals surface area contributed by atoms with Gasteiger partial charge in [-0.05, 0) is 24.8 Å². The minimum absolute atomic E-state index is 0.0180. The Morgan fingerprint density at radius 2 is 2.10 bits per heavy atom. The summed E-state index contributed by atoms with van der Waals surface area (Å²) in [5.41, 5.74) is 3.54. The van der Waals surface area contributed by atoms with E-state index in [2.05, 4.69) is 54.4 Å². The molecule has 1 aliphatic carbocycles. The van der Waals surface area contributed by atoms with Gasteiger partial charge in [-0.1, -0.05) is 29.5 Å². The molecule has 2 fully saturated rings. The van der Waals surface area contributed by atoms with Crippen molar-refractivity contribution in [2.45, 2.75) is 37.8 Å². The van der Waals surface area contributed by atoms with Crippen LogP contribution in [-0.4, -0.2) is 65.3 Å². The number of carbonyl (C=O) groups excluding carboxylic acids is 1. The quantitative estimate of drug-likeness (QED) is 0.677. The maximum atomic E-state index is 12.5. The first kappa shape index (κ1) is 17.8. The number of nitrogens with zero attached hydrogens (tertiary/aromatic N) is 6. The Labute approximate surface area is 173 Å². The molecular formula is C21H23N7O2. The van der Waals surface area contributed by atoms with Gasteiger partial charge in [0.2, 0.25) is 5.91 Å². The second-order valence-corrected chi connectivity index (χ2v) is 8.78. The van der Waals surface area contributed by atoms with Gasteiger partial charge in [0.1, 0.15) is 0 Å². The summed E-state index contributed by atoms with van der Waals surface area (Å²) in [4.78, 5) is 18.7. The highest BCUT2D eigenvalue weighted by molar-refractivity contribution is 5.78. The van der Waals surface area contributed by atoms with Crippen LogP contribution in [-0.2, 0) is 11.2 Å². The Balaban J connectivity index is 1.16. The van der Waals surface area contributed by atoms with E-state index < -0.39 is 0 Å². The minimum Gasteiger partial charge on any atom is -0.392 e. The van der Waals surface area contributed by atoms with Crippen LogP contribution in [0, 0.1) is 11.3 Å². The van der Waals surface area contributed by atoms with Gasteiger partial charge < -0.3 is 14.6 Å². The van der Waals surface area contributed by atoms with Crippen molar-refractivity contribution in [1.29, 1.82) is 0 Å². The van der Waals surface area contributed by atoms with E-state index in [-0.39, 0.29) is 35.8 Å². The molecule has 3 atom stereocenters. The number of aliphatic hydroxyl groups excluding tert-OH is 1. The van der Waals surface area contributed by atoms with Crippen molar-refractivity contribution < 1.29 is 9.90 Å². The van der Waals surface area contributed by atoms with Crippen molar-refractivity contribution in [3.05, 3.63) is 48.2 Å². The fourth-order valence-electron chi connectivity index (χ4n) is 5.80. The molecule has 3 aromatic rings. The van der Waals surface area contributed by atoms with Gasteiger partial charge in [0, 0.05) is 30.0 Å². The fourth-order valence-corrected chi connectivity index (χ4v) is 5.80.